The van der Waals surface area contributed by atoms with Gasteiger partial charge in [0, 0.05) is 22.6 Å². The van der Waals surface area contributed by atoms with Gasteiger partial charge in [0.25, 0.3) is 0 Å². The molecule has 0 aliphatic carbocycles. The lowest BCUT2D eigenvalue weighted by Gasteiger charge is -2.12. The molecule has 0 fully saturated rings. The molecule has 0 bridgehead atoms. The molecule has 2 amide bonds. The minimum absolute atomic E-state index is 0.0608. The Hall–Kier alpha value is -4.46. The number of nitrogens with zero attached hydrogens (tertiary/aromatic N) is 1. The summed E-state index contributed by atoms with van der Waals surface area (Å²) in [5.41, 5.74) is 7.51. The lowest BCUT2D eigenvalue weighted by Crippen LogP contribution is -2.32. The summed E-state index contributed by atoms with van der Waals surface area (Å²) in [6.07, 6.45) is 1.29. The van der Waals surface area contributed by atoms with Gasteiger partial charge in [-0.05, 0) is 73.9 Å². The zero-order valence-electron chi connectivity index (χ0n) is 18.5. The third kappa shape index (κ3) is 6.27. The number of carboxylic acids is 1. The molecule has 33 heavy (non-hydrogen) atoms. The van der Waals surface area contributed by atoms with Crippen LogP contribution in [0.2, 0.25) is 0 Å². The minimum Gasteiger partial charge on any atom is -0.478 e. The molecular formula is C25H24N4O4. The molecule has 0 aliphatic heterocycles. The first kappa shape index (κ1) is 23.2. The summed E-state index contributed by atoms with van der Waals surface area (Å²) in [5, 5.41) is 18.9. The minimum atomic E-state index is -1.09. The molecule has 3 aromatic rings. The summed E-state index contributed by atoms with van der Waals surface area (Å²) in [6.45, 7) is 5.72. The van der Waals surface area contributed by atoms with Crippen molar-refractivity contribution in [3.05, 3.63) is 88.5 Å². The number of hydrazone groups is 1. The third-order valence-electron chi connectivity index (χ3n) is 4.77. The van der Waals surface area contributed by atoms with Crippen LogP contribution < -0.4 is 16.1 Å². The molecule has 0 aliphatic rings. The topological polar surface area (TPSA) is 120 Å². The van der Waals surface area contributed by atoms with E-state index in [4.69, 9.17) is 0 Å². The van der Waals surface area contributed by atoms with Crippen molar-refractivity contribution in [1.29, 1.82) is 0 Å². The highest BCUT2D eigenvalue weighted by atomic mass is 16.4. The second-order valence-electron chi connectivity index (χ2n) is 7.58. The molecule has 0 saturated carbocycles. The summed E-state index contributed by atoms with van der Waals surface area (Å²) in [7, 11) is 0. The molecule has 0 atom stereocenters. The number of rotatable bonds is 6. The number of nitrogens with one attached hydrogen (secondary N) is 3. The number of anilines is 3. The zero-order chi connectivity index (χ0) is 24.0. The highest BCUT2D eigenvalue weighted by molar-refractivity contribution is 6.39. The summed E-state index contributed by atoms with van der Waals surface area (Å²) in [5.74, 6) is -2.91. The predicted octanol–water partition coefficient (Wildman–Crippen LogP) is 4.14. The second-order valence-corrected chi connectivity index (χ2v) is 7.58. The van der Waals surface area contributed by atoms with Crippen molar-refractivity contribution < 1.29 is 19.5 Å². The number of aryl methyl sites for hydroxylation is 3. The molecule has 3 aromatic carbocycles. The number of para-hydroxylation sites is 1. The van der Waals surface area contributed by atoms with E-state index in [0.717, 1.165) is 22.4 Å². The number of carbonyl (C=O) groups excluding carboxylic acids is 2. The Balaban J connectivity index is 1.75. The van der Waals surface area contributed by atoms with Crippen molar-refractivity contribution in [1.82, 2.24) is 5.43 Å². The van der Waals surface area contributed by atoms with Gasteiger partial charge < -0.3 is 15.7 Å². The van der Waals surface area contributed by atoms with Crippen LogP contribution in [0.3, 0.4) is 0 Å². The Morgan fingerprint density at radius 2 is 1.55 bits per heavy atom. The molecule has 3 rings (SSSR count). The number of benzene rings is 3. The molecule has 0 saturated heterocycles. The fraction of sp³-hybridized carbons (Fsp3) is 0.120. The van der Waals surface area contributed by atoms with E-state index in [1.165, 1.54) is 18.3 Å². The van der Waals surface area contributed by atoms with Gasteiger partial charge in [0.15, 0.2) is 0 Å². The first-order valence-electron chi connectivity index (χ1n) is 10.2. The molecule has 0 radical (unpaired) electrons. The summed E-state index contributed by atoms with van der Waals surface area (Å²) in [4.78, 5) is 35.7. The number of amides is 2. The first-order valence-corrected chi connectivity index (χ1v) is 10.2. The zero-order valence-corrected chi connectivity index (χ0v) is 18.5. The molecule has 0 aromatic heterocycles. The fourth-order valence-corrected chi connectivity index (χ4v) is 3.22. The van der Waals surface area contributed by atoms with Crippen LogP contribution in [0.1, 0.15) is 32.6 Å². The van der Waals surface area contributed by atoms with E-state index in [-0.39, 0.29) is 5.56 Å². The van der Waals surface area contributed by atoms with Gasteiger partial charge in [-0.1, -0.05) is 24.3 Å². The van der Waals surface area contributed by atoms with E-state index < -0.39 is 17.8 Å². The van der Waals surface area contributed by atoms with Crippen molar-refractivity contribution >= 4 is 41.1 Å². The van der Waals surface area contributed by atoms with Crippen molar-refractivity contribution in [2.75, 3.05) is 10.6 Å². The highest BCUT2D eigenvalue weighted by Gasteiger charge is 2.14. The van der Waals surface area contributed by atoms with Gasteiger partial charge in [-0.2, -0.15) is 5.10 Å². The quantitative estimate of drug-likeness (QED) is 0.259. The normalized spacial score (nSPS) is 10.6. The Morgan fingerprint density at radius 1 is 0.848 bits per heavy atom. The number of hydrogen-bond acceptors (Lipinski definition) is 5. The number of carboxylic acid groups (broad SMARTS) is 1. The standard InChI is InChI=1S/C25H24N4O4/c1-15-10-16(2)12-20(11-15)27-23(30)24(31)29-26-14-19-13-18(25(32)33)8-9-22(19)28-21-7-5-4-6-17(21)3/h4-14,28H,1-3H3,(H,27,30)(H,29,31)(H,32,33)/b26-14-. The van der Waals surface area contributed by atoms with Crippen LogP contribution >= 0.6 is 0 Å². The second kappa shape index (κ2) is 10.2. The summed E-state index contributed by atoms with van der Waals surface area (Å²) >= 11 is 0. The molecular weight excluding hydrogens is 420 g/mol. The fourth-order valence-electron chi connectivity index (χ4n) is 3.22. The molecule has 4 N–H and O–H groups in total. The summed E-state index contributed by atoms with van der Waals surface area (Å²) in [6, 6.07) is 17.6. The van der Waals surface area contributed by atoms with Crippen LogP contribution in [0.25, 0.3) is 0 Å². The SMILES string of the molecule is Cc1cc(C)cc(NC(=O)C(=O)N/N=C\c2cc(C(=O)O)ccc2Nc2ccccc2C)c1. The van der Waals surface area contributed by atoms with Gasteiger partial charge in [0.05, 0.1) is 11.8 Å². The lowest BCUT2D eigenvalue weighted by molar-refractivity contribution is -0.136. The van der Waals surface area contributed by atoms with Crippen LogP contribution in [-0.4, -0.2) is 29.1 Å². The predicted molar refractivity (Wildman–Crippen MR) is 128 cm³/mol. The van der Waals surface area contributed by atoms with Gasteiger partial charge in [-0.3, -0.25) is 9.59 Å². The van der Waals surface area contributed by atoms with Crippen LogP contribution in [0.4, 0.5) is 17.1 Å². The highest BCUT2D eigenvalue weighted by Crippen LogP contribution is 2.23. The van der Waals surface area contributed by atoms with E-state index in [0.29, 0.717) is 16.9 Å². The van der Waals surface area contributed by atoms with Gasteiger partial charge in [0.1, 0.15) is 0 Å². The van der Waals surface area contributed by atoms with Gasteiger partial charge >= 0.3 is 17.8 Å². The van der Waals surface area contributed by atoms with E-state index in [1.54, 1.807) is 18.2 Å². The maximum atomic E-state index is 12.2. The molecule has 0 heterocycles. The Kier molecular flexibility index (Phi) is 7.20. The maximum Gasteiger partial charge on any atom is 0.335 e. The summed E-state index contributed by atoms with van der Waals surface area (Å²) < 4.78 is 0. The Bertz CT molecular complexity index is 1230. The Labute approximate surface area is 191 Å². The van der Waals surface area contributed by atoms with Crippen molar-refractivity contribution in [2.24, 2.45) is 5.10 Å². The maximum absolute atomic E-state index is 12.2. The smallest absolute Gasteiger partial charge is 0.335 e. The average molecular weight is 444 g/mol. The van der Waals surface area contributed by atoms with Crippen LogP contribution in [-0.2, 0) is 9.59 Å². The van der Waals surface area contributed by atoms with Gasteiger partial charge in [0.2, 0.25) is 0 Å². The van der Waals surface area contributed by atoms with Gasteiger partial charge in [-0.25, -0.2) is 10.2 Å². The number of hydrogen-bond donors (Lipinski definition) is 4. The van der Waals surface area contributed by atoms with Crippen LogP contribution in [0.15, 0.2) is 65.8 Å². The Morgan fingerprint density at radius 3 is 2.21 bits per heavy atom. The van der Waals surface area contributed by atoms with Crippen molar-refractivity contribution in [3.63, 3.8) is 0 Å². The van der Waals surface area contributed by atoms with E-state index >= 15 is 0 Å². The van der Waals surface area contributed by atoms with Crippen molar-refractivity contribution in [2.45, 2.75) is 20.8 Å². The number of aromatic carboxylic acids is 1. The molecule has 8 nitrogen and oxygen atoms in total. The molecule has 0 unspecified atom stereocenters. The molecule has 0 spiro atoms. The van der Waals surface area contributed by atoms with E-state index in [2.05, 4.69) is 21.2 Å². The van der Waals surface area contributed by atoms with E-state index in [1.807, 2.05) is 51.1 Å². The van der Waals surface area contributed by atoms with Gasteiger partial charge in [-0.15, -0.1) is 0 Å². The monoisotopic (exact) mass is 444 g/mol. The molecule has 8 heteroatoms. The third-order valence-corrected chi connectivity index (χ3v) is 4.77. The van der Waals surface area contributed by atoms with Crippen LogP contribution in [0, 0.1) is 20.8 Å². The van der Waals surface area contributed by atoms with E-state index in [9.17, 15) is 19.5 Å². The average Bonchev–Trinajstić information content (AvgIpc) is 2.75. The molecule has 168 valence electrons. The largest absolute Gasteiger partial charge is 0.478 e. The lowest BCUT2D eigenvalue weighted by atomic mass is 10.1. The number of carbonyl (C=O) groups is 3. The van der Waals surface area contributed by atoms with Crippen molar-refractivity contribution in [3.8, 4) is 0 Å². The first-order chi connectivity index (χ1) is 15.7. The van der Waals surface area contributed by atoms with Crippen LogP contribution in [0.5, 0.6) is 0 Å².